The van der Waals surface area contributed by atoms with Crippen molar-refractivity contribution in [2.24, 2.45) is 0 Å². The number of carbonyl (C=O) groups is 1. The molecule has 0 saturated heterocycles. The van der Waals surface area contributed by atoms with Crippen LogP contribution in [0.5, 0.6) is 0 Å². The van der Waals surface area contributed by atoms with E-state index in [1.54, 1.807) is 13.2 Å². The highest BCUT2D eigenvalue weighted by atomic mass is 35.5. The third-order valence-electron chi connectivity index (χ3n) is 3.22. The van der Waals surface area contributed by atoms with Gasteiger partial charge in [0.2, 0.25) is 0 Å². The minimum absolute atomic E-state index is 0.206. The lowest BCUT2D eigenvalue weighted by molar-refractivity contribution is 0.0594. The molecule has 2 aromatic heterocycles. The molecule has 0 N–H and O–H groups in total. The maximum absolute atomic E-state index is 11.6. The molecule has 19 heavy (non-hydrogen) atoms. The molecule has 6 heteroatoms. The van der Waals surface area contributed by atoms with E-state index in [1.165, 1.54) is 7.11 Å². The Morgan fingerprint density at radius 1 is 1.42 bits per heavy atom. The van der Waals surface area contributed by atoms with E-state index in [0.29, 0.717) is 6.73 Å². The van der Waals surface area contributed by atoms with Gasteiger partial charge in [-0.25, -0.2) is 9.78 Å². The second-order valence-electron chi connectivity index (χ2n) is 4.24. The van der Waals surface area contributed by atoms with E-state index >= 15 is 0 Å². The predicted molar refractivity (Wildman–Crippen MR) is 72.6 cm³/mol. The first-order valence-electron chi connectivity index (χ1n) is 5.74. The molecule has 0 aliphatic heterocycles. The monoisotopic (exact) mass is 282 g/mol. The van der Waals surface area contributed by atoms with Gasteiger partial charge in [0.15, 0.2) is 10.8 Å². The number of pyridine rings is 1. The number of hydrogen-bond donors (Lipinski definition) is 0. The van der Waals surface area contributed by atoms with Gasteiger partial charge < -0.3 is 14.0 Å². The Hall–Kier alpha value is -1.59. The second-order valence-corrected chi connectivity index (χ2v) is 4.60. The fourth-order valence-electron chi connectivity index (χ4n) is 2.11. The van der Waals surface area contributed by atoms with Gasteiger partial charge in [-0.2, -0.15) is 0 Å². The van der Waals surface area contributed by atoms with E-state index in [1.807, 2.05) is 18.4 Å². The molecule has 102 valence electrons. The largest absolute Gasteiger partial charge is 0.464 e. The van der Waals surface area contributed by atoms with Crippen LogP contribution in [0, 0.1) is 13.8 Å². The third kappa shape index (κ3) is 2.19. The molecule has 0 saturated carbocycles. The number of carbonyl (C=O) groups excluding carboxylic acids is 1. The van der Waals surface area contributed by atoms with Crippen LogP contribution in [0.2, 0.25) is 5.15 Å². The summed E-state index contributed by atoms with van der Waals surface area (Å²) in [5.74, 6) is -0.500. The SMILES string of the molecule is COCn1c(C)c(C)c2cc(C(=O)OC)nc(Cl)c21. The molecule has 2 rings (SSSR count). The summed E-state index contributed by atoms with van der Waals surface area (Å²) in [5, 5.41) is 1.15. The van der Waals surface area contributed by atoms with Crippen LogP contribution in [-0.2, 0) is 16.2 Å². The number of methoxy groups -OCH3 is 2. The zero-order chi connectivity index (χ0) is 14.2. The average molecular weight is 283 g/mol. The van der Waals surface area contributed by atoms with Crippen LogP contribution in [0.3, 0.4) is 0 Å². The molecule has 0 aromatic carbocycles. The van der Waals surface area contributed by atoms with Gasteiger partial charge >= 0.3 is 5.97 Å². The van der Waals surface area contributed by atoms with Crippen molar-refractivity contribution >= 4 is 28.5 Å². The van der Waals surface area contributed by atoms with Crippen molar-refractivity contribution in [3.05, 3.63) is 28.2 Å². The van der Waals surface area contributed by atoms with Crippen molar-refractivity contribution in [1.29, 1.82) is 0 Å². The number of hydrogen-bond acceptors (Lipinski definition) is 4. The molecule has 0 bridgehead atoms. The standard InChI is InChI=1S/C13H15ClN2O3/c1-7-8(2)16(6-18-3)11-9(7)5-10(13(17)19-4)15-12(11)14/h5H,6H2,1-4H3. The Kier molecular flexibility index (Phi) is 3.78. The topological polar surface area (TPSA) is 53.4 Å². The third-order valence-corrected chi connectivity index (χ3v) is 3.49. The molecule has 5 nitrogen and oxygen atoms in total. The number of rotatable bonds is 3. The van der Waals surface area contributed by atoms with Gasteiger partial charge in [0.25, 0.3) is 0 Å². The van der Waals surface area contributed by atoms with Crippen molar-refractivity contribution in [3.63, 3.8) is 0 Å². The van der Waals surface area contributed by atoms with E-state index in [2.05, 4.69) is 9.72 Å². The highest BCUT2D eigenvalue weighted by Gasteiger charge is 2.18. The predicted octanol–water partition coefficient (Wildman–Crippen LogP) is 2.70. The smallest absolute Gasteiger partial charge is 0.356 e. The summed E-state index contributed by atoms with van der Waals surface area (Å²) in [4.78, 5) is 15.6. The summed E-state index contributed by atoms with van der Waals surface area (Å²) in [5.41, 5.74) is 3.05. The van der Waals surface area contributed by atoms with Gasteiger partial charge in [-0.3, -0.25) is 0 Å². The van der Waals surface area contributed by atoms with Crippen molar-refractivity contribution in [3.8, 4) is 0 Å². The van der Waals surface area contributed by atoms with Crippen LogP contribution in [0.1, 0.15) is 21.7 Å². The van der Waals surface area contributed by atoms with E-state index in [0.717, 1.165) is 22.2 Å². The zero-order valence-electron chi connectivity index (χ0n) is 11.3. The summed E-state index contributed by atoms with van der Waals surface area (Å²) < 4.78 is 11.8. The van der Waals surface area contributed by atoms with Crippen LogP contribution < -0.4 is 0 Å². The van der Waals surface area contributed by atoms with Gasteiger partial charge in [-0.1, -0.05) is 11.6 Å². The number of halogens is 1. The summed E-state index contributed by atoms with van der Waals surface area (Å²) >= 11 is 6.19. The molecule has 0 aliphatic carbocycles. The Balaban J connectivity index is 2.76. The van der Waals surface area contributed by atoms with E-state index < -0.39 is 5.97 Å². The highest BCUT2D eigenvalue weighted by Crippen LogP contribution is 2.30. The number of aromatic nitrogens is 2. The lowest BCUT2D eigenvalue weighted by atomic mass is 10.1. The molecule has 2 heterocycles. The number of esters is 1. The summed E-state index contributed by atoms with van der Waals surface area (Å²) in [7, 11) is 2.93. The number of ether oxygens (including phenoxy) is 2. The van der Waals surface area contributed by atoms with Gasteiger partial charge in [0, 0.05) is 18.2 Å². The summed E-state index contributed by atoms with van der Waals surface area (Å²) in [6.45, 7) is 4.33. The highest BCUT2D eigenvalue weighted by molar-refractivity contribution is 6.34. The van der Waals surface area contributed by atoms with Gasteiger partial charge in [0.05, 0.1) is 12.6 Å². The van der Waals surface area contributed by atoms with Crippen molar-refractivity contribution in [1.82, 2.24) is 9.55 Å². The molecular formula is C13H15ClN2O3. The molecule has 0 spiro atoms. The number of fused-ring (bicyclic) bond motifs is 1. The minimum Gasteiger partial charge on any atom is -0.464 e. The molecule has 2 aromatic rings. The Bertz CT molecular complexity index is 649. The van der Waals surface area contributed by atoms with Crippen molar-refractivity contribution < 1.29 is 14.3 Å². The quantitative estimate of drug-likeness (QED) is 0.641. The van der Waals surface area contributed by atoms with Crippen LogP contribution in [0.25, 0.3) is 10.9 Å². The van der Waals surface area contributed by atoms with Crippen molar-refractivity contribution in [2.45, 2.75) is 20.6 Å². The zero-order valence-corrected chi connectivity index (χ0v) is 12.0. The lowest BCUT2D eigenvalue weighted by Gasteiger charge is -2.07. The van der Waals surface area contributed by atoms with Gasteiger partial charge in [0.1, 0.15) is 6.73 Å². The molecule has 0 unspecified atom stereocenters. The van der Waals surface area contributed by atoms with Crippen molar-refractivity contribution in [2.75, 3.05) is 14.2 Å². The molecule has 0 radical (unpaired) electrons. The Morgan fingerprint density at radius 3 is 2.68 bits per heavy atom. The minimum atomic E-state index is -0.500. The molecule has 0 fully saturated rings. The first-order chi connectivity index (χ1) is 9.01. The van der Waals surface area contributed by atoms with Crippen LogP contribution >= 0.6 is 11.6 Å². The number of nitrogens with zero attached hydrogens (tertiary/aromatic N) is 2. The Labute approximate surface area is 116 Å². The average Bonchev–Trinajstić information content (AvgIpc) is 2.64. The summed E-state index contributed by atoms with van der Waals surface area (Å²) in [6.07, 6.45) is 0. The first-order valence-corrected chi connectivity index (χ1v) is 6.12. The fraction of sp³-hybridized carbons (Fsp3) is 0.385. The van der Waals surface area contributed by atoms with E-state index in [4.69, 9.17) is 16.3 Å². The maximum atomic E-state index is 11.6. The molecule has 0 atom stereocenters. The molecule has 0 amide bonds. The van der Waals surface area contributed by atoms with Gasteiger partial charge in [-0.05, 0) is 25.5 Å². The fourth-order valence-corrected chi connectivity index (χ4v) is 2.41. The molecular weight excluding hydrogens is 268 g/mol. The Morgan fingerprint density at radius 2 is 2.11 bits per heavy atom. The van der Waals surface area contributed by atoms with Crippen LogP contribution in [0.4, 0.5) is 0 Å². The normalized spacial score (nSPS) is 11.0. The first kappa shape index (κ1) is 13.8. The number of aryl methyl sites for hydroxylation is 1. The van der Waals surface area contributed by atoms with Crippen LogP contribution in [0.15, 0.2) is 6.07 Å². The lowest BCUT2D eigenvalue weighted by Crippen LogP contribution is -2.06. The van der Waals surface area contributed by atoms with E-state index in [9.17, 15) is 4.79 Å². The summed E-state index contributed by atoms with van der Waals surface area (Å²) in [6, 6.07) is 1.70. The van der Waals surface area contributed by atoms with E-state index in [-0.39, 0.29) is 10.8 Å². The van der Waals surface area contributed by atoms with Crippen LogP contribution in [-0.4, -0.2) is 29.7 Å². The maximum Gasteiger partial charge on any atom is 0.356 e. The molecule has 0 aliphatic rings. The second kappa shape index (κ2) is 5.19. The van der Waals surface area contributed by atoms with Gasteiger partial charge in [-0.15, -0.1) is 0 Å².